The van der Waals surface area contributed by atoms with E-state index in [0.717, 1.165) is 0 Å². The minimum Gasteiger partial charge on any atom is -0.484 e. The van der Waals surface area contributed by atoms with E-state index in [9.17, 15) is 14.4 Å². The third-order valence-corrected chi connectivity index (χ3v) is 7.24. The first-order valence-corrected chi connectivity index (χ1v) is 11.1. The number of esters is 1. The van der Waals surface area contributed by atoms with Crippen LogP contribution in [0.5, 0.6) is 5.75 Å². The van der Waals surface area contributed by atoms with Gasteiger partial charge >= 0.3 is 5.97 Å². The van der Waals surface area contributed by atoms with Crippen LogP contribution in [-0.4, -0.2) is 56.5 Å². The maximum absolute atomic E-state index is 12.7. The zero-order chi connectivity index (χ0) is 21.3. The standard InChI is InChI=1S/C20H21N3O5S2/c1-20(2)16(19(26)28-11-14-21-8-9-29-14)23-17(25)15(18(23)30-20)22-13(24)10-27-12-6-4-3-5-7-12/h3-9,15-16,18H,10-11H2,1-2H3,(H,22,24). The molecule has 0 aliphatic carbocycles. The van der Waals surface area contributed by atoms with Gasteiger partial charge in [0.05, 0.1) is 0 Å². The van der Waals surface area contributed by atoms with Crippen molar-refractivity contribution in [1.82, 2.24) is 15.2 Å². The molecule has 2 fully saturated rings. The summed E-state index contributed by atoms with van der Waals surface area (Å²) in [6.45, 7) is 3.69. The number of para-hydroxylation sites is 1. The Bertz CT molecular complexity index is 935. The smallest absolute Gasteiger partial charge is 0.330 e. The van der Waals surface area contributed by atoms with Crippen LogP contribution in [-0.2, 0) is 25.7 Å². The Kier molecular flexibility index (Phi) is 5.70. The summed E-state index contributed by atoms with van der Waals surface area (Å²) < 4.78 is 10.3. The Morgan fingerprint density at radius 1 is 1.27 bits per heavy atom. The van der Waals surface area contributed by atoms with Crippen molar-refractivity contribution < 1.29 is 23.9 Å². The number of thiazole rings is 1. The lowest BCUT2D eigenvalue weighted by molar-refractivity contribution is -0.165. The van der Waals surface area contributed by atoms with Gasteiger partial charge < -0.3 is 19.7 Å². The van der Waals surface area contributed by atoms with E-state index in [-0.39, 0.29) is 30.4 Å². The number of nitrogens with zero attached hydrogens (tertiary/aromatic N) is 2. The van der Waals surface area contributed by atoms with Gasteiger partial charge in [-0.25, -0.2) is 9.78 Å². The zero-order valence-electron chi connectivity index (χ0n) is 16.4. The van der Waals surface area contributed by atoms with Crippen LogP contribution in [0.25, 0.3) is 0 Å². The van der Waals surface area contributed by atoms with E-state index in [1.54, 1.807) is 18.3 Å². The summed E-state index contributed by atoms with van der Waals surface area (Å²) in [6, 6.07) is 7.58. The molecule has 30 heavy (non-hydrogen) atoms. The first-order valence-electron chi connectivity index (χ1n) is 9.39. The molecule has 158 valence electrons. The lowest BCUT2D eigenvalue weighted by atomic mass is 9.96. The molecular formula is C20H21N3O5S2. The molecule has 3 atom stereocenters. The molecule has 1 aromatic carbocycles. The molecule has 0 spiro atoms. The van der Waals surface area contributed by atoms with Crippen molar-refractivity contribution in [3.8, 4) is 5.75 Å². The number of aromatic nitrogens is 1. The predicted molar refractivity (Wildman–Crippen MR) is 112 cm³/mol. The second-order valence-electron chi connectivity index (χ2n) is 7.44. The first-order chi connectivity index (χ1) is 14.4. The van der Waals surface area contributed by atoms with Crippen LogP contribution in [0.2, 0.25) is 0 Å². The highest BCUT2D eigenvalue weighted by molar-refractivity contribution is 8.01. The van der Waals surface area contributed by atoms with Crippen molar-refractivity contribution in [2.75, 3.05) is 6.61 Å². The molecule has 1 N–H and O–H groups in total. The Morgan fingerprint density at radius 3 is 2.73 bits per heavy atom. The second kappa shape index (κ2) is 8.27. The van der Waals surface area contributed by atoms with Crippen LogP contribution in [0.15, 0.2) is 41.9 Å². The average Bonchev–Trinajstić information content (AvgIpc) is 3.33. The Morgan fingerprint density at radius 2 is 2.03 bits per heavy atom. The fourth-order valence-corrected chi connectivity index (χ4v) is 5.69. The lowest BCUT2D eigenvalue weighted by Gasteiger charge is -2.43. The van der Waals surface area contributed by atoms with Crippen molar-refractivity contribution in [1.29, 1.82) is 0 Å². The fraction of sp³-hybridized carbons (Fsp3) is 0.400. The lowest BCUT2D eigenvalue weighted by Crippen LogP contribution is -2.71. The van der Waals surface area contributed by atoms with Crippen LogP contribution in [0, 0.1) is 0 Å². The van der Waals surface area contributed by atoms with Crippen LogP contribution in [0.3, 0.4) is 0 Å². The van der Waals surface area contributed by atoms with E-state index in [0.29, 0.717) is 10.8 Å². The molecule has 2 amide bonds. The van der Waals surface area contributed by atoms with Crippen molar-refractivity contribution in [3.63, 3.8) is 0 Å². The summed E-state index contributed by atoms with van der Waals surface area (Å²) in [5.41, 5.74) is 0. The van der Waals surface area contributed by atoms with Gasteiger partial charge in [0, 0.05) is 16.3 Å². The van der Waals surface area contributed by atoms with Gasteiger partial charge in [0.1, 0.15) is 34.8 Å². The van der Waals surface area contributed by atoms with Gasteiger partial charge in [0.15, 0.2) is 6.61 Å². The third kappa shape index (κ3) is 4.01. The number of rotatable bonds is 7. The molecule has 10 heteroatoms. The number of benzene rings is 1. The molecule has 0 saturated carbocycles. The summed E-state index contributed by atoms with van der Waals surface area (Å²) in [7, 11) is 0. The van der Waals surface area contributed by atoms with Gasteiger partial charge in [-0.05, 0) is 26.0 Å². The van der Waals surface area contributed by atoms with Crippen molar-refractivity contribution in [2.45, 2.75) is 42.7 Å². The van der Waals surface area contributed by atoms with Crippen molar-refractivity contribution in [2.24, 2.45) is 0 Å². The summed E-state index contributed by atoms with van der Waals surface area (Å²) >= 11 is 2.88. The fourth-order valence-electron chi connectivity index (χ4n) is 3.54. The van der Waals surface area contributed by atoms with E-state index in [1.165, 1.54) is 28.0 Å². The number of hydrogen-bond donors (Lipinski definition) is 1. The Balaban J connectivity index is 1.34. The highest BCUT2D eigenvalue weighted by atomic mass is 32.2. The maximum atomic E-state index is 12.7. The molecule has 8 nitrogen and oxygen atoms in total. The van der Waals surface area contributed by atoms with E-state index >= 15 is 0 Å². The van der Waals surface area contributed by atoms with Crippen LogP contribution < -0.4 is 10.1 Å². The number of fused-ring (bicyclic) bond motifs is 1. The van der Waals surface area contributed by atoms with Gasteiger partial charge in [-0.3, -0.25) is 9.59 Å². The number of ether oxygens (including phenoxy) is 2. The summed E-state index contributed by atoms with van der Waals surface area (Å²) in [4.78, 5) is 43.3. The number of hydrogen-bond acceptors (Lipinski definition) is 8. The molecule has 2 aromatic rings. The first kappa shape index (κ1) is 20.7. The van der Waals surface area contributed by atoms with Crippen LogP contribution in [0.4, 0.5) is 0 Å². The SMILES string of the molecule is CC1(C)SC2C(NC(=O)COc3ccccc3)C(=O)N2C1C(=O)OCc1nccs1. The van der Waals surface area contributed by atoms with E-state index < -0.39 is 22.8 Å². The van der Waals surface area contributed by atoms with E-state index in [1.807, 2.05) is 37.4 Å². The van der Waals surface area contributed by atoms with Crippen LogP contribution in [0.1, 0.15) is 18.9 Å². The minimum atomic E-state index is -0.714. The molecule has 0 bridgehead atoms. The molecule has 2 saturated heterocycles. The molecule has 1 aromatic heterocycles. The Hall–Kier alpha value is -2.59. The normalized spacial score (nSPS) is 24.0. The van der Waals surface area contributed by atoms with Gasteiger partial charge in [-0.2, -0.15) is 0 Å². The maximum Gasteiger partial charge on any atom is 0.330 e. The van der Waals surface area contributed by atoms with Crippen molar-refractivity contribution in [3.05, 3.63) is 46.9 Å². The predicted octanol–water partition coefficient (Wildman–Crippen LogP) is 1.81. The number of carbonyl (C=O) groups is 3. The molecular weight excluding hydrogens is 426 g/mol. The molecule has 3 heterocycles. The molecule has 3 unspecified atom stereocenters. The summed E-state index contributed by atoms with van der Waals surface area (Å²) in [6.07, 6.45) is 1.65. The number of nitrogens with one attached hydrogen (secondary N) is 1. The second-order valence-corrected chi connectivity index (χ2v) is 10.2. The number of amides is 2. The van der Waals surface area contributed by atoms with E-state index in [4.69, 9.17) is 9.47 Å². The van der Waals surface area contributed by atoms with Gasteiger partial charge in [-0.15, -0.1) is 23.1 Å². The van der Waals surface area contributed by atoms with Gasteiger partial charge in [0.2, 0.25) is 5.91 Å². The zero-order valence-corrected chi connectivity index (χ0v) is 18.1. The Labute approximate surface area is 181 Å². The molecule has 2 aliphatic heterocycles. The minimum absolute atomic E-state index is 0.0808. The van der Waals surface area contributed by atoms with Gasteiger partial charge in [0.25, 0.3) is 5.91 Å². The third-order valence-electron chi connectivity index (χ3n) is 4.92. The largest absolute Gasteiger partial charge is 0.484 e. The molecule has 2 aliphatic rings. The van der Waals surface area contributed by atoms with Crippen LogP contribution >= 0.6 is 23.1 Å². The van der Waals surface area contributed by atoms with Crippen molar-refractivity contribution >= 4 is 40.9 Å². The highest BCUT2D eigenvalue weighted by Crippen LogP contribution is 2.51. The van der Waals surface area contributed by atoms with E-state index in [2.05, 4.69) is 10.3 Å². The summed E-state index contributed by atoms with van der Waals surface area (Å²) in [5.74, 6) is -0.559. The number of β-lactam (4-membered cyclic amide) rings is 1. The quantitative estimate of drug-likeness (QED) is 0.511. The number of carbonyl (C=O) groups excluding carboxylic acids is 3. The number of thioether (sulfide) groups is 1. The highest BCUT2D eigenvalue weighted by Gasteiger charge is 2.64. The topological polar surface area (TPSA) is 97.8 Å². The van der Waals surface area contributed by atoms with Gasteiger partial charge in [-0.1, -0.05) is 18.2 Å². The average molecular weight is 448 g/mol. The molecule has 4 rings (SSSR count). The monoisotopic (exact) mass is 447 g/mol. The summed E-state index contributed by atoms with van der Waals surface area (Å²) in [5, 5.41) is 4.91. The molecule has 0 radical (unpaired) electrons.